The van der Waals surface area contributed by atoms with Crippen molar-refractivity contribution in [2.24, 2.45) is 0 Å². The van der Waals surface area contributed by atoms with Crippen molar-refractivity contribution in [3.8, 4) is 11.5 Å². The van der Waals surface area contributed by atoms with Gasteiger partial charge in [0.05, 0.1) is 11.4 Å². The molecule has 4 heterocycles. The van der Waals surface area contributed by atoms with Crippen LogP contribution in [-0.2, 0) is 6.54 Å². The van der Waals surface area contributed by atoms with Gasteiger partial charge in [0.2, 0.25) is 0 Å². The zero-order valence-corrected chi connectivity index (χ0v) is 16.4. The summed E-state index contributed by atoms with van der Waals surface area (Å²) in [6.45, 7) is 4.73. The van der Waals surface area contributed by atoms with E-state index in [1.54, 1.807) is 0 Å². The summed E-state index contributed by atoms with van der Waals surface area (Å²) in [4.78, 5) is 10.6. The van der Waals surface area contributed by atoms with Crippen LogP contribution in [0.15, 0.2) is 30.3 Å². The molecule has 0 radical (unpaired) electrons. The van der Waals surface area contributed by atoms with E-state index in [0.717, 1.165) is 79.4 Å². The second-order valence-electron chi connectivity index (χ2n) is 7.49. The number of benzene rings is 1. The fourth-order valence-electron chi connectivity index (χ4n) is 4.08. The fourth-order valence-corrected chi connectivity index (χ4v) is 4.29. The maximum absolute atomic E-state index is 6.15. The zero-order chi connectivity index (χ0) is 18.9. The normalized spacial score (nSPS) is 17.4. The molecule has 4 N–H and O–H groups in total. The van der Waals surface area contributed by atoms with Gasteiger partial charge in [0.15, 0.2) is 5.82 Å². The Morgan fingerprint density at radius 3 is 2.89 bits per heavy atom. The van der Waals surface area contributed by atoms with E-state index in [2.05, 4.69) is 42.8 Å². The first-order chi connectivity index (χ1) is 13.8. The maximum Gasteiger partial charge on any atom is 0.197 e. The zero-order valence-electron chi connectivity index (χ0n) is 15.6. The molecule has 3 aromatic rings. The van der Waals surface area contributed by atoms with Crippen LogP contribution in [0.2, 0.25) is 5.02 Å². The van der Waals surface area contributed by atoms with Crippen molar-refractivity contribution in [1.82, 2.24) is 25.5 Å². The molecule has 8 heteroatoms. The van der Waals surface area contributed by atoms with Crippen molar-refractivity contribution in [3.05, 3.63) is 46.7 Å². The summed E-state index contributed by atoms with van der Waals surface area (Å²) in [6.07, 6.45) is 2.20. The van der Waals surface area contributed by atoms with Crippen LogP contribution in [0.5, 0.6) is 0 Å². The second kappa shape index (κ2) is 7.48. The first-order valence-corrected chi connectivity index (χ1v) is 10.2. The van der Waals surface area contributed by atoms with Gasteiger partial charge in [-0.05, 0) is 49.7 Å². The minimum Gasteiger partial charge on any atom is -0.368 e. The Morgan fingerprint density at radius 2 is 2.04 bits per heavy atom. The highest BCUT2D eigenvalue weighted by molar-refractivity contribution is 6.30. The van der Waals surface area contributed by atoms with Crippen LogP contribution in [0.3, 0.4) is 0 Å². The van der Waals surface area contributed by atoms with Gasteiger partial charge in [0.1, 0.15) is 11.6 Å². The maximum atomic E-state index is 6.15. The molecule has 2 aliphatic heterocycles. The largest absolute Gasteiger partial charge is 0.368 e. The molecule has 0 saturated carbocycles. The van der Waals surface area contributed by atoms with Gasteiger partial charge in [0.25, 0.3) is 0 Å². The van der Waals surface area contributed by atoms with Gasteiger partial charge in [-0.3, -0.25) is 5.10 Å². The van der Waals surface area contributed by atoms with Gasteiger partial charge in [-0.15, -0.1) is 0 Å². The average molecular weight is 398 g/mol. The Labute approximate surface area is 168 Å². The van der Waals surface area contributed by atoms with Crippen LogP contribution in [0.25, 0.3) is 11.5 Å². The number of halogens is 1. The number of rotatable bonds is 4. The molecule has 7 nitrogen and oxygen atoms in total. The number of anilines is 2. The number of piperidine rings is 1. The van der Waals surface area contributed by atoms with Crippen LogP contribution in [0.4, 0.5) is 11.5 Å². The number of H-pyrrole nitrogens is 2. The minimum absolute atomic E-state index is 0.463. The van der Waals surface area contributed by atoms with Crippen molar-refractivity contribution >= 4 is 23.1 Å². The summed E-state index contributed by atoms with van der Waals surface area (Å²) in [5, 5.41) is 15.2. The lowest BCUT2D eigenvalue weighted by atomic mass is 9.98. The number of nitrogens with zero attached hydrogens (tertiary/aromatic N) is 3. The highest BCUT2D eigenvalue weighted by atomic mass is 35.5. The first-order valence-electron chi connectivity index (χ1n) is 9.86. The summed E-state index contributed by atoms with van der Waals surface area (Å²) in [6, 6.07) is 10.2. The van der Waals surface area contributed by atoms with Crippen molar-refractivity contribution < 1.29 is 0 Å². The molecule has 1 aromatic carbocycles. The SMILES string of the molecule is Clc1cccc(CN2CCNc3[nH]c(-c4n[nH]c(C5CCNCC5)n4)cc32)c1. The molecule has 5 rings (SSSR count). The van der Waals surface area contributed by atoms with Gasteiger partial charge in [-0.2, -0.15) is 5.10 Å². The molecule has 0 bridgehead atoms. The number of fused-ring (bicyclic) bond motifs is 1. The monoisotopic (exact) mass is 397 g/mol. The first kappa shape index (κ1) is 17.6. The van der Waals surface area contributed by atoms with Crippen molar-refractivity contribution in [2.75, 3.05) is 36.4 Å². The van der Waals surface area contributed by atoms with Crippen LogP contribution in [0, 0.1) is 0 Å². The summed E-state index contributed by atoms with van der Waals surface area (Å²) in [7, 11) is 0. The minimum atomic E-state index is 0.463. The van der Waals surface area contributed by atoms with E-state index in [-0.39, 0.29) is 0 Å². The molecule has 0 atom stereocenters. The molecule has 28 heavy (non-hydrogen) atoms. The van der Waals surface area contributed by atoms with Gasteiger partial charge >= 0.3 is 0 Å². The van der Waals surface area contributed by atoms with Crippen molar-refractivity contribution in [2.45, 2.75) is 25.3 Å². The molecule has 0 unspecified atom stereocenters. The summed E-state index contributed by atoms with van der Waals surface area (Å²) < 4.78 is 0. The predicted molar refractivity (Wildman–Crippen MR) is 112 cm³/mol. The third-order valence-electron chi connectivity index (χ3n) is 5.55. The second-order valence-corrected chi connectivity index (χ2v) is 7.93. The van der Waals surface area contributed by atoms with Crippen LogP contribution in [0.1, 0.15) is 30.1 Å². The molecule has 0 amide bonds. The van der Waals surface area contributed by atoms with Crippen LogP contribution in [-0.4, -0.2) is 46.3 Å². The Bertz CT molecular complexity index is 957. The Kier molecular flexibility index (Phi) is 4.70. The summed E-state index contributed by atoms with van der Waals surface area (Å²) in [5.74, 6) is 3.21. The fraction of sp³-hybridized carbons (Fsp3) is 0.400. The van der Waals surface area contributed by atoms with Gasteiger partial charge in [-0.1, -0.05) is 23.7 Å². The standard InChI is InChI=1S/C20H24ClN7/c21-15-3-1-2-13(10-15)12-28-9-8-23-20-17(28)11-16(24-20)19-25-18(26-27-19)14-4-6-22-7-5-14/h1-3,10-11,14,22-24H,4-9,12H2,(H,25,26,27). The molecule has 146 valence electrons. The van der Waals surface area contributed by atoms with E-state index in [1.165, 1.54) is 5.56 Å². The van der Waals surface area contributed by atoms with Crippen molar-refractivity contribution in [1.29, 1.82) is 0 Å². The summed E-state index contributed by atoms with van der Waals surface area (Å²) in [5.41, 5.74) is 3.29. The predicted octanol–water partition coefficient (Wildman–Crippen LogP) is 3.35. The van der Waals surface area contributed by atoms with E-state index in [4.69, 9.17) is 16.6 Å². The molecular weight excluding hydrogens is 374 g/mol. The lowest BCUT2D eigenvalue weighted by molar-refractivity contribution is 0.446. The number of hydrogen-bond acceptors (Lipinski definition) is 5. The number of aromatic amines is 2. The highest BCUT2D eigenvalue weighted by Crippen LogP contribution is 2.34. The van der Waals surface area contributed by atoms with Crippen molar-refractivity contribution in [3.63, 3.8) is 0 Å². The molecule has 2 aliphatic rings. The Morgan fingerprint density at radius 1 is 1.14 bits per heavy atom. The average Bonchev–Trinajstić information content (AvgIpc) is 3.36. The molecule has 0 spiro atoms. The third kappa shape index (κ3) is 3.47. The van der Waals surface area contributed by atoms with E-state index >= 15 is 0 Å². The topological polar surface area (TPSA) is 84.7 Å². The molecule has 2 aromatic heterocycles. The lowest BCUT2D eigenvalue weighted by Gasteiger charge is -2.29. The van der Waals surface area contributed by atoms with E-state index in [9.17, 15) is 0 Å². The van der Waals surface area contributed by atoms with E-state index < -0.39 is 0 Å². The van der Waals surface area contributed by atoms with Gasteiger partial charge < -0.3 is 20.5 Å². The molecule has 1 saturated heterocycles. The molecular formula is C20H24ClN7. The molecule has 0 aliphatic carbocycles. The third-order valence-corrected chi connectivity index (χ3v) is 5.79. The summed E-state index contributed by atoms with van der Waals surface area (Å²) >= 11 is 6.15. The van der Waals surface area contributed by atoms with E-state index in [0.29, 0.717) is 5.92 Å². The van der Waals surface area contributed by atoms with Gasteiger partial charge in [0, 0.05) is 30.6 Å². The number of aromatic nitrogens is 4. The quantitative estimate of drug-likeness (QED) is 0.542. The van der Waals surface area contributed by atoms with Crippen LogP contribution >= 0.6 is 11.6 Å². The highest BCUT2D eigenvalue weighted by Gasteiger charge is 2.23. The lowest BCUT2D eigenvalue weighted by Crippen LogP contribution is -2.32. The Balaban J connectivity index is 1.38. The number of nitrogens with one attached hydrogen (secondary N) is 4. The van der Waals surface area contributed by atoms with Crippen LogP contribution < -0.4 is 15.5 Å². The molecule has 1 fully saturated rings. The van der Waals surface area contributed by atoms with E-state index in [1.807, 2.05) is 18.2 Å². The number of hydrogen-bond donors (Lipinski definition) is 4. The van der Waals surface area contributed by atoms with Gasteiger partial charge in [-0.25, -0.2) is 4.98 Å². The Hall–Kier alpha value is -2.51. The smallest absolute Gasteiger partial charge is 0.197 e.